The minimum atomic E-state index is -0.0721. The van der Waals surface area contributed by atoms with Crippen molar-refractivity contribution < 1.29 is 5.11 Å². The minimum Gasteiger partial charge on any atom is -0.392 e. The van der Waals surface area contributed by atoms with Gasteiger partial charge >= 0.3 is 0 Å². The van der Waals surface area contributed by atoms with Crippen LogP contribution in [0.1, 0.15) is 26.3 Å². The highest BCUT2D eigenvalue weighted by Crippen LogP contribution is 2.23. The van der Waals surface area contributed by atoms with E-state index < -0.39 is 0 Å². The Kier molecular flexibility index (Phi) is 3.34. The first-order valence-electron chi connectivity index (χ1n) is 4.46. The molecule has 0 unspecified atom stereocenters. The van der Waals surface area contributed by atoms with Gasteiger partial charge in [0.2, 0.25) is 0 Å². The van der Waals surface area contributed by atoms with E-state index in [1.165, 1.54) is 0 Å². The maximum Gasteiger partial charge on any atom is 0.145 e. The first-order chi connectivity index (χ1) is 6.42. The summed E-state index contributed by atoms with van der Waals surface area (Å²) in [6.07, 6.45) is 1.61. The summed E-state index contributed by atoms with van der Waals surface area (Å²) in [5, 5.41) is 12.6. The monoisotopic (exact) mass is 214 g/mol. The Morgan fingerprint density at radius 1 is 1.50 bits per heavy atom. The Labute approximate surface area is 89.1 Å². The van der Waals surface area contributed by atoms with Crippen LogP contribution in [0.3, 0.4) is 0 Å². The largest absolute Gasteiger partial charge is 0.392 e. The Morgan fingerprint density at radius 2 is 2.14 bits per heavy atom. The number of pyridine rings is 1. The van der Waals surface area contributed by atoms with Gasteiger partial charge in [0.25, 0.3) is 0 Å². The molecule has 3 nitrogen and oxygen atoms in total. The third-order valence-electron chi connectivity index (χ3n) is 1.57. The first-order valence-corrected chi connectivity index (χ1v) is 4.83. The predicted octanol–water partition coefficient (Wildman–Crippen LogP) is 2.44. The van der Waals surface area contributed by atoms with Gasteiger partial charge in [0.15, 0.2) is 0 Å². The highest BCUT2D eigenvalue weighted by Gasteiger charge is 2.12. The molecule has 0 radical (unpaired) electrons. The van der Waals surface area contributed by atoms with Gasteiger partial charge in [0.1, 0.15) is 5.82 Å². The molecular weight excluding hydrogens is 200 g/mol. The highest BCUT2D eigenvalue weighted by molar-refractivity contribution is 6.32. The van der Waals surface area contributed by atoms with Crippen LogP contribution in [0.4, 0.5) is 5.82 Å². The molecule has 0 amide bonds. The van der Waals surface area contributed by atoms with Gasteiger partial charge in [-0.1, -0.05) is 11.6 Å². The van der Waals surface area contributed by atoms with Crippen LogP contribution in [0.15, 0.2) is 12.3 Å². The molecule has 0 saturated carbocycles. The summed E-state index contributed by atoms with van der Waals surface area (Å²) in [6, 6.07) is 1.71. The third-order valence-corrected chi connectivity index (χ3v) is 1.86. The van der Waals surface area contributed by atoms with Crippen molar-refractivity contribution in [1.82, 2.24) is 4.98 Å². The number of hydrogen-bond acceptors (Lipinski definition) is 3. The van der Waals surface area contributed by atoms with Gasteiger partial charge in [-0.2, -0.15) is 0 Å². The second-order valence-corrected chi connectivity index (χ2v) is 4.61. The average Bonchev–Trinajstić information content (AvgIpc) is 2.06. The van der Waals surface area contributed by atoms with E-state index in [2.05, 4.69) is 10.3 Å². The van der Waals surface area contributed by atoms with Gasteiger partial charge in [0.05, 0.1) is 11.6 Å². The van der Waals surface area contributed by atoms with Gasteiger partial charge in [0, 0.05) is 11.7 Å². The summed E-state index contributed by atoms with van der Waals surface area (Å²) in [4.78, 5) is 4.13. The van der Waals surface area contributed by atoms with Crippen molar-refractivity contribution in [3.8, 4) is 0 Å². The molecule has 1 aromatic heterocycles. The molecular formula is C10H15ClN2O. The Morgan fingerprint density at radius 3 is 2.57 bits per heavy atom. The van der Waals surface area contributed by atoms with Crippen molar-refractivity contribution >= 4 is 17.4 Å². The molecule has 0 fully saturated rings. The lowest BCUT2D eigenvalue weighted by molar-refractivity contribution is 0.281. The van der Waals surface area contributed by atoms with E-state index in [9.17, 15) is 0 Å². The van der Waals surface area contributed by atoms with Crippen LogP contribution in [-0.2, 0) is 6.61 Å². The lowest BCUT2D eigenvalue weighted by atomic mass is 10.1. The second-order valence-electron chi connectivity index (χ2n) is 4.21. The zero-order valence-electron chi connectivity index (χ0n) is 8.63. The zero-order valence-corrected chi connectivity index (χ0v) is 9.39. The fraction of sp³-hybridized carbons (Fsp3) is 0.500. The number of aliphatic hydroxyl groups is 1. The Balaban J connectivity index is 2.89. The molecule has 1 aromatic rings. The summed E-state index contributed by atoms with van der Waals surface area (Å²) < 4.78 is 0. The zero-order chi connectivity index (χ0) is 10.8. The fourth-order valence-corrected chi connectivity index (χ4v) is 1.25. The molecule has 0 saturated heterocycles. The summed E-state index contributed by atoms with van der Waals surface area (Å²) in [7, 11) is 0. The van der Waals surface area contributed by atoms with Crippen molar-refractivity contribution in [3.63, 3.8) is 0 Å². The highest BCUT2D eigenvalue weighted by atomic mass is 35.5. The summed E-state index contributed by atoms with van der Waals surface area (Å²) in [5.74, 6) is 0.649. The molecule has 0 atom stereocenters. The van der Waals surface area contributed by atoms with Crippen LogP contribution in [0, 0.1) is 0 Å². The molecule has 78 valence electrons. The number of halogens is 1. The van der Waals surface area contributed by atoms with Crippen LogP contribution in [0.5, 0.6) is 0 Å². The van der Waals surface area contributed by atoms with E-state index in [1.807, 2.05) is 20.8 Å². The number of rotatable bonds is 2. The van der Waals surface area contributed by atoms with E-state index in [-0.39, 0.29) is 12.1 Å². The van der Waals surface area contributed by atoms with Crippen LogP contribution in [0.2, 0.25) is 5.02 Å². The topological polar surface area (TPSA) is 45.2 Å². The molecule has 0 aliphatic rings. The Bertz CT molecular complexity index is 320. The normalized spacial score (nSPS) is 11.5. The van der Waals surface area contributed by atoms with E-state index in [0.717, 1.165) is 5.56 Å². The molecule has 0 aliphatic carbocycles. The second kappa shape index (κ2) is 4.15. The van der Waals surface area contributed by atoms with Crippen molar-refractivity contribution in [1.29, 1.82) is 0 Å². The number of hydrogen-bond donors (Lipinski definition) is 2. The molecule has 2 N–H and O–H groups in total. The number of aromatic nitrogens is 1. The van der Waals surface area contributed by atoms with Gasteiger partial charge in [-0.15, -0.1) is 0 Å². The summed E-state index contributed by atoms with van der Waals surface area (Å²) in [5.41, 5.74) is 0.645. The average molecular weight is 215 g/mol. The smallest absolute Gasteiger partial charge is 0.145 e. The maximum absolute atomic E-state index is 8.87. The van der Waals surface area contributed by atoms with E-state index in [1.54, 1.807) is 12.3 Å². The molecule has 14 heavy (non-hydrogen) atoms. The molecule has 0 aliphatic heterocycles. The molecule has 0 aromatic carbocycles. The van der Waals surface area contributed by atoms with E-state index >= 15 is 0 Å². The number of aliphatic hydroxyl groups excluding tert-OH is 1. The summed E-state index contributed by atoms with van der Waals surface area (Å²) in [6.45, 7) is 6.06. The molecule has 1 heterocycles. The summed E-state index contributed by atoms with van der Waals surface area (Å²) >= 11 is 5.98. The number of nitrogens with one attached hydrogen (secondary N) is 1. The minimum absolute atomic E-state index is 0.0392. The van der Waals surface area contributed by atoms with Crippen LogP contribution < -0.4 is 5.32 Å². The molecule has 1 rings (SSSR count). The molecule has 0 bridgehead atoms. The number of nitrogens with zero attached hydrogens (tertiary/aromatic N) is 1. The lowest BCUT2D eigenvalue weighted by Crippen LogP contribution is -2.26. The quantitative estimate of drug-likeness (QED) is 0.795. The van der Waals surface area contributed by atoms with E-state index in [4.69, 9.17) is 16.7 Å². The van der Waals surface area contributed by atoms with Crippen LogP contribution in [-0.4, -0.2) is 15.6 Å². The van der Waals surface area contributed by atoms with Crippen molar-refractivity contribution in [2.45, 2.75) is 32.9 Å². The fourth-order valence-electron chi connectivity index (χ4n) is 1.01. The van der Waals surface area contributed by atoms with Gasteiger partial charge < -0.3 is 10.4 Å². The van der Waals surface area contributed by atoms with E-state index in [0.29, 0.717) is 10.8 Å². The van der Waals surface area contributed by atoms with Gasteiger partial charge in [-0.3, -0.25) is 0 Å². The third kappa shape index (κ3) is 3.16. The molecule has 0 spiro atoms. The molecule has 4 heteroatoms. The van der Waals surface area contributed by atoms with Crippen molar-refractivity contribution in [2.24, 2.45) is 0 Å². The van der Waals surface area contributed by atoms with Crippen LogP contribution >= 0.6 is 11.6 Å². The maximum atomic E-state index is 8.87. The van der Waals surface area contributed by atoms with Crippen molar-refractivity contribution in [3.05, 3.63) is 22.8 Å². The lowest BCUT2D eigenvalue weighted by Gasteiger charge is -2.22. The van der Waals surface area contributed by atoms with Gasteiger partial charge in [-0.25, -0.2) is 4.98 Å². The first kappa shape index (κ1) is 11.3. The van der Waals surface area contributed by atoms with Crippen LogP contribution in [0.25, 0.3) is 0 Å². The Hall–Kier alpha value is -0.800. The van der Waals surface area contributed by atoms with Crippen molar-refractivity contribution in [2.75, 3.05) is 5.32 Å². The predicted molar refractivity (Wildman–Crippen MR) is 58.5 cm³/mol. The van der Waals surface area contributed by atoms with Gasteiger partial charge in [-0.05, 0) is 32.4 Å². The standard InChI is InChI=1S/C10H15ClN2O/c1-10(2,3)13-9-8(11)4-7(6-14)5-12-9/h4-5,14H,6H2,1-3H3,(H,12,13). The number of anilines is 1. The SMILES string of the molecule is CC(C)(C)Nc1ncc(CO)cc1Cl.